The van der Waals surface area contributed by atoms with Crippen molar-refractivity contribution >= 4 is 32.7 Å². The Labute approximate surface area is 119 Å². The van der Waals surface area contributed by atoms with Gasteiger partial charge in [0.05, 0.1) is 3.57 Å². The van der Waals surface area contributed by atoms with Gasteiger partial charge in [-0.2, -0.15) is 21.6 Å². The van der Waals surface area contributed by atoms with Gasteiger partial charge in [-0.3, -0.25) is 4.55 Å². The Bertz CT molecular complexity index is 506. The molecule has 0 radical (unpaired) electrons. The fourth-order valence-corrected chi connectivity index (χ4v) is 1.05. The number of benzene rings is 1. The third-order valence-corrected chi connectivity index (χ3v) is 2.98. The van der Waals surface area contributed by atoms with Gasteiger partial charge in [-0.05, 0) is 22.6 Å². The van der Waals surface area contributed by atoms with E-state index < -0.39 is 48.3 Å². The molecule has 0 saturated carbocycles. The molecule has 1 N–H and O–H groups in total. The quantitative estimate of drug-likeness (QED) is 0.167. The van der Waals surface area contributed by atoms with E-state index in [9.17, 15) is 35.1 Å². The molecule has 0 heterocycles. The summed E-state index contributed by atoms with van der Waals surface area (Å²) in [5.41, 5.74) is -5.53. The maximum Gasteiger partial charge on any atom is 0.522 e. The monoisotopic (exact) mass is 444 g/mol. The van der Waals surface area contributed by atoms with Crippen molar-refractivity contribution in [3.8, 4) is 0 Å². The molecule has 0 unspecified atom stereocenters. The van der Waals surface area contributed by atoms with Gasteiger partial charge in [0.25, 0.3) is 0 Å². The van der Waals surface area contributed by atoms with E-state index >= 15 is 0 Å². The van der Waals surface area contributed by atoms with E-state index in [1.807, 2.05) is 0 Å². The molecule has 116 valence electrons. The molecule has 20 heavy (non-hydrogen) atoms. The predicted octanol–water partition coefficient (Wildman–Crippen LogP) is 3.38. The van der Waals surface area contributed by atoms with E-state index in [1.54, 1.807) is 0 Å². The summed E-state index contributed by atoms with van der Waals surface area (Å²) in [6.07, 6.45) is 0. The molecular formula is C7HF8IO3S. The average Bonchev–Trinajstić information content (AvgIpc) is 2.30. The fraction of sp³-hybridized carbons (Fsp3) is 0.143. The zero-order valence-corrected chi connectivity index (χ0v) is 11.5. The van der Waals surface area contributed by atoms with Gasteiger partial charge in [-0.15, -0.1) is 0 Å². The van der Waals surface area contributed by atoms with Crippen LogP contribution in [0.5, 0.6) is 0 Å². The number of rotatable bonds is 0. The van der Waals surface area contributed by atoms with Crippen LogP contribution < -0.4 is 0 Å². The Balaban J connectivity index is 0.000000396. The van der Waals surface area contributed by atoms with Crippen molar-refractivity contribution in [2.24, 2.45) is 0 Å². The maximum absolute atomic E-state index is 12.4. The lowest BCUT2D eigenvalue weighted by atomic mass is 10.3. The van der Waals surface area contributed by atoms with Crippen molar-refractivity contribution in [2.75, 3.05) is 0 Å². The topological polar surface area (TPSA) is 54.4 Å². The normalized spacial score (nSPS) is 11.9. The summed E-state index contributed by atoms with van der Waals surface area (Å²) in [6.45, 7) is 0. The van der Waals surface area contributed by atoms with Gasteiger partial charge in [0.1, 0.15) is 0 Å². The van der Waals surface area contributed by atoms with Crippen LogP contribution in [-0.4, -0.2) is 18.5 Å². The van der Waals surface area contributed by atoms with Crippen LogP contribution >= 0.6 is 22.6 Å². The molecule has 1 aromatic carbocycles. The van der Waals surface area contributed by atoms with Crippen molar-refractivity contribution in [1.29, 1.82) is 0 Å². The number of hydrogen-bond donors (Lipinski definition) is 1. The summed E-state index contributed by atoms with van der Waals surface area (Å²) in [7, 11) is -5.84. The van der Waals surface area contributed by atoms with Gasteiger partial charge in [-0.1, -0.05) is 0 Å². The lowest BCUT2D eigenvalue weighted by Gasteiger charge is -2.00. The van der Waals surface area contributed by atoms with E-state index in [-0.39, 0.29) is 0 Å². The summed E-state index contributed by atoms with van der Waals surface area (Å²) >= 11 is 1.04. The molecule has 0 aliphatic rings. The van der Waals surface area contributed by atoms with Crippen LogP contribution in [-0.2, 0) is 10.1 Å². The molecule has 0 aromatic heterocycles. The first-order valence-corrected chi connectivity index (χ1v) is 6.44. The summed E-state index contributed by atoms with van der Waals surface area (Å²) in [5, 5.41) is 0. The molecule has 0 aliphatic carbocycles. The second kappa shape index (κ2) is 6.38. The minimum Gasteiger partial charge on any atom is -0.279 e. The van der Waals surface area contributed by atoms with E-state index in [1.165, 1.54) is 0 Å². The SMILES string of the molecule is Fc1c(F)c(F)c(I)c(F)c1F.O=S(=O)(O)C(F)(F)F. The summed E-state index contributed by atoms with van der Waals surface area (Å²) in [6, 6.07) is 0. The van der Waals surface area contributed by atoms with Gasteiger partial charge in [0.15, 0.2) is 23.3 Å². The molecule has 1 aromatic rings. The Morgan fingerprint density at radius 3 is 1.20 bits per heavy atom. The molecular weight excluding hydrogens is 443 g/mol. The third kappa shape index (κ3) is 4.41. The predicted molar refractivity (Wildman–Crippen MR) is 56.6 cm³/mol. The first-order valence-electron chi connectivity index (χ1n) is 3.92. The summed E-state index contributed by atoms with van der Waals surface area (Å²) in [5.74, 6) is -9.57. The molecule has 13 heteroatoms. The first-order chi connectivity index (χ1) is 8.71. The van der Waals surface area contributed by atoms with Crippen LogP contribution in [0.1, 0.15) is 0 Å². The highest BCUT2D eigenvalue weighted by atomic mass is 127. The van der Waals surface area contributed by atoms with E-state index in [2.05, 4.69) is 0 Å². The van der Waals surface area contributed by atoms with Crippen LogP contribution in [0.2, 0.25) is 0 Å². The Hall–Kier alpha value is -0.700. The van der Waals surface area contributed by atoms with Gasteiger partial charge >= 0.3 is 15.6 Å². The highest BCUT2D eigenvalue weighted by Gasteiger charge is 2.44. The summed E-state index contributed by atoms with van der Waals surface area (Å²) in [4.78, 5) is 0. The van der Waals surface area contributed by atoms with Crippen LogP contribution in [0, 0.1) is 32.7 Å². The molecule has 1 rings (SSSR count). The lowest BCUT2D eigenvalue weighted by Crippen LogP contribution is -2.21. The van der Waals surface area contributed by atoms with Crippen LogP contribution in [0.3, 0.4) is 0 Å². The van der Waals surface area contributed by atoms with E-state index in [0.717, 1.165) is 22.6 Å². The highest BCUT2D eigenvalue weighted by Crippen LogP contribution is 2.23. The van der Waals surface area contributed by atoms with Gasteiger partial charge in [0, 0.05) is 0 Å². The van der Waals surface area contributed by atoms with Crippen LogP contribution in [0.25, 0.3) is 0 Å². The van der Waals surface area contributed by atoms with E-state index in [0.29, 0.717) is 0 Å². The standard InChI is InChI=1S/C6F5I.CHF3O3S/c7-1-2(8)4(10)6(12)5(11)3(1)9;2-1(3,4)8(5,6)7/h;(H,5,6,7). The molecule has 3 nitrogen and oxygen atoms in total. The minimum absolute atomic E-state index is 0.899. The Morgan fingerprint density at radius 2 is 1.00 bits per heavy atom. The van der Waals surface area contributed by atoms with Crippen molar-refractivity contribution in [3.05, 3.63) is 32.7 Å². The largest absolute Gasteiger partial charge is 0.522 e. The zero-order valence-electron chi connectivity index (χ0n) is 8.57. The van der Waals surface area contributed by atoms with Gasteiger partial charge < -0.3 is 0 Å². The molecule has 0 amide bonds. The first kappa shape index (κ1) is 19.3. The van der Waals surface area contributed by atoms with Crippen LogP contribution in [0.15, 0.2) is 0 Å². The smallest absolute Gasteiger partial charge is 0.279 e. The Morgan fingerprint density at radius 1 is 0.800 bits per heavy atom. The lowest BCUT2D eigenvalue weighted by molar-refractivity contribution is -0.0510. The van der Waals surface area contributed by atoms with Crippen LogP contribution in [0.4, 0.5) is 35.1 Å². The third-order valence-electron chi connectivity index (χ3n) is 1.45. The minimum atomic E-state index is -5.84. The van der Waals surface area contributed by atoms with Gasteiger partial charge in [-0.25, -0.2) is 22.0 Å². The molecule has 0 fully saturated rings. The second-order valence-corrected chi connectivity index (χ2v) is 5.30. The molecule has 0 saturated heterocycles. The zero-order chi connectivity index (χ0) is 16.5. The maximum atomic E-state index is 12.4. The molecule has 0 aliphatic heterocycles. The van der Waals surface area contributed by atoms with Crippen molar-refractivity contribution < 1.29 is 48.1 Å². The highest BCUT2D eigenvalue weighted by molar-refractivity contribution is 14.1. The Kier molecular flexibility index (Phi) is 6.16. The van der Waals surface area contributed by atoms with Crippen molar-refractivity contribution in [2.45, 2.75) is 5.51 Å². The molecule has 0 spiro atoms. The molecule has 0 atom stereocenters. The van der Waals surface area contributed by atoms with E-state index in [4.69, 9.17) is 13.0 Å². The van der Waals surface area contributed by atoms with Crippen molar-refractivity contribution in [1.82, 2.24) is 0 Å². The van der Waals surface area contributed by atoms with Gasteiger partial charge in [0.2, 0.25) is 5.82 Å². The average molecular weight is 444 g/mol. The van der Waals surface area contributed by atoms with Crippen molar-refractivity contribution in [3.63, 3.8) is 0 Å². The summed E-state index contributed by atoms with van der Waals surface area (Å²) < 4.78 is 118. The number of halogens is 9. The second-order valence-electron chi connectivity index (χ2n) is 2.80. The number of hydrogen-bond acceptors (Lipinski definition) is 2. The number of alkyl halides is 3. The molecule has 0 bridgehead atoms. The fourth-order valence-electron chi connectivity index (χ4n) is 0.578.